The van der Waals surface area contributed by atoms with Gasteiger partial charge in [0.1, 0.15) is 5.54 Å². The Balaban J connectivity index is 1.69. The van der Waals surface area contributed by atoms with E-state index in [1.807, 2.05) is 108 Å². The van der Waals surface area contributed by atoms with E-state index in [9.17, 15) is 4.79 Å². The van der Waals surface area contributed by atoms with E-state index in [1.54, 1.807) is 0 Å². The SMILES string of the molecule is O=C(Nc1ccccc1)c1nn(C(c2ccccc2)(c2ccccc2)c2ccccc2)c2ccc(Br)cc12. The predicted molar refractivity (Wildman–Crippen MR) is 156 cm³/mol. The van der Waals surface area contributed by atoms with Gasteiger partial charge < -0.3 is 5.32 Å². The lowest BCUT2D eigenvalue weighted by molar-refractivity contribution is 0.102. The molecule has 0 unspecified atom stereocenters. The van der Waals surface area contributed by atoms with Crippen LogP contribution in [0.15, 0.2) is 144 Å². The van der Waals surface area contributed by atoms with E-state index in [1.165, 1.54) is 0 Å². The number of nitrogens with one attached hydrogen (secondary N) is 1. The van der Waals surface area contributed by atoms with Crippen LogP contribution in [0.2, 0.25) is 0 Å². The number of fused-ring (bicyclic) bond motifs is 1. The van der Waals surface area contributed by atoms with Gasteiger partial charge in [0.2, 0.25) is 0 Å². The molecular formula is C33H24BrN3O. The Morgan fingerprint density at radius 1 is 0.658 bits per heavy atom. The first kappa shape index (κ1) is 23.9. The molecule has 0 bridgehead atoms. The third kappa shape index (κ3) is 4.11. The fourth-order valence-electron chi connectivity index (χ4n) is 5.13. The van der Waals surface area contributed by atoms with Crippen molar-refractivity contribution in [2.75, 3.05) is 5.32 Å². The number of benzene rings is 5. The minimum Gasteiger partial charge on any atom is -0.321 e. The van der Waals surface area contributed by atoms with E-state index in [-0.39, 0.29) is 5.91 Å². The molecule has 0 atom stereocenters. The molecule has 0 aliphatic rings. The monoisotopic (exact) mass is 557 g/mol. The number of halogens is 1. The highest BCUT2D eigenvalue weighted by Crippen LogP contribution is 2.43. The summed E-state index contributed by atoms with van der Waals surface area (Å²) in [5.41, 5.74) is 4.22. The van der Waals surface area contributed by atoms with Crippen LogP contribution in [0.3, 0.4) is 0 Å². The van der Waals surface area contributed by atoms with E-state index in [2.05, 4.69) is 57.6 Å². The van der Waals surface area contributed by atoms with E-state index in [0.717, 1.165) is 37.8 Å². The number of anilines is 1. The van der Waals surface area contributed by atoms with Crippen LogP contribution in [0.5, 0.6) is 0 Å². The van der Waals surface area contributed by atoms with E-state index in [4.69, 9.17) is 5.10 Å². The summed E-state index contributed by atoms with van der Waals surface area (Å²) in [6.45, 7) is 0. The number of hydrogen-bond donors (Lipinski definition) is 1. The number of para-hydroxylation sites is 1. The lowest BCUT2D eigenvalue weighted by atomic mass is 9.77. The van der Waals surface area contributed by atoms with Crippen molar-refractivity contribution in [2.24, 2.45) is 0 Å². The summed E-state index contributed by atoms with van der Waals surface area (Å²) < 4.78 is 2.89. The van der Waals surface area contributed by atoms with E-state index >= 15 is 0 Å². The molecule has 1 heterocycles. The molecule has 0 fully saturated rings. The molecule has 5 heteroatoms. The molecule has 38 heavy (non-hydrogen) atoms. The molecule has 1 amide bonds. The maximum absolute atomic E-state index is 13.7. The number of carbonyl (C=O) groups excluding carboxylic acids is 1. The molecule has 0 radical (unpaired) electrons. The summed E-state index contributed by atoms with van der Waals surface area (Å²) in [5.74, 6) is -0.263. The summed E-state index contributed by atoms with van der Waals surface area (Å²) in [5, 5.41) is 8.90. The van der Waals surface area contributed by atoms with Crippen molar-refractivity contribution in [3.8, 4) is 0 Å². The highest BCUT2D eigenvalue weighted by molar-refractivity contribution is 9.10. The average Bonchev–Trinajstić information content (AvgIpc) is 3.35. The Morgan fingerprint density at radius 2 is 1.13 bits per heavy atom. The van der Waals surface area contributed by atoms with Gasteiger partial charge in [0.05, 0.1) is 5.52 Å². The quantitative estimate of drug-likeness (QED) is 0.211. The molecule has 4 nitrogen and oxygen atoms in total. The molecule has 1 aromatic heterocycles. The first-order valence-electron chi connectivity index (χ1n) is 12.4. The fraction of sp³-hybridized carbons (Fsp3) is 0.0303. The molecule has 6 aromatic rings. The molecule has 6 rings (SSSR count). The van der Waals surface area contributed by atoms with Crippen LogP contribution in [0, 0.1) is 0 Å². The minimum absolute atomic E-state index is 0.263. The van der Waals surface area contributed by atoms with Crippen LogP contribution >= 0.6 is 15.9 Å². The fourth-order valence-corrected chi connectivity index (χ4v) is 5.49. The van der Waals surface area contributed by atoms with Gasteiger partial charge in [-0.15, -0.1) is 0 Å². The van der Waals surface area contributed by atoms with Crippen LogP contribution in [0.25, 0.3) is 10.9 Å². The van der Waals surface area contributed by atoms with Gasteiger partial charge in [-0.05, 0) is 47.0 Å². The third-order valence-corrected chi connectivity index (χ3v) is 7.27. The number of aromatic nitrogens is 2. The van der Waals surface area contributed by atoms with Gasteiger partial charge in [-0.2, -0.15) is 5.10 Å². The molecule has 184 valence electrons. The maximum Gasteiger partial charge on any atom is 0.276 e. The standard InChI is InChI=1S/C33H24BrN3O/c34-27-21-22-30-29(23-27)31(32(38)35-28-19-11-4-12-20-28)36-37(30)33(24-13-5-1-6-14-24,25-15-7-2-8-16-25)26-17-9-3-10-18-26/h1-23H,(H,35,38). The number of carbonyl (C=O) groups is 1. The Labute approximate surface area is 229 Å². The van der Waals surface area contributed by atoms with Crippen LogP contribution in [0.1, 0.15) is 27.2 Å². The van der Waals surface area contributed by atoms with Crippen molar-refractivity contribution in [1.29, 1.82) is 0 Å². The summed E-state index contributed by atoms with van der Waals surface area (Å²) in [6, 6.07) is 46.5. The van der Waals surface area contributed by atoms with Crippen LogP contribution in [-0.2, 0) is 5.54 Å². The van der Waals surface area contributed by atoms with Gasteiger partial charge in [-0.25, -0.2) is 4.68 Å². The largest absolute Gasteiger partial charge is 0.321 e. The van der Waals surface area contributed by atoms with Crippen molar-refractivity contribution in [1.82, 2.24) is 9.78 Å². The second-order valence-electron chi connectivity index (χ2n) is 9.05. The Hall–Kier alpha value is -4.48. The Bertz CT molecular complexity index is 1600. The van der Waals surface area contributed by atoms with Crippen LogP contribution in [-0.4, -0.2) is 15.7 Å². The summed E-state index contributed by atoms with van der Waals surface area (Å²) in [4.78, 5) is 13.7. The second-order valence-corrected chi connectivity index (χ2v) is 9.97. The molecule has 0 spiro atoms. The third-order valence-electron chi connectivity index (χ3n) is 6.78. The lowest BCUT2D eigenvalue weighted by Gasteiger charge is -2.37. The first-order chi connectivity index (χ1) is 18.7. The molecular weight excluding hydrogens is 534 g/mol. The topological polar surface area (TPSA) is 46.9 Å². The number of hydrogen-bond acceptors (Lipinski definition) is 2. The van der Waals surface area contributed by atoms with Crippen molar-refractivity contribution in [2.45, 2.75) is 5.54 Å². The van der Waals surface area contributed by atoms with Gasteiger partial charge in [-0.3, -0.25) is 4.79 Å². The smallest absolute Gasteiger partial charge is 0.276 e. The van der Waals surface area contributed by atoms with Gasteiger partial charge >= 0.3 is 0 Å². The molecule has 5 aromatic carbocycles. The molecule has 0 saturated carbocycles. The Morgan fingerprint density at radius 3 is 1.63 bits per heavy atom. The molecule has 0 aliphatic carbocycles. The first-order valence-corrected chi connectivity index (χ1v) is 13.2. The predicted octanol–water partition coefficient (Wildman–Crippen LogP) is 7.89. The average molecular weight is 558 g/mol. The number of rotatable bonds is 6. The maximum atomic E-state index is 13.7. The van der Waals surface area contributed by atoms with Crippen molar-refractivity contribution in [3.05, 3.63) is 166 Å². The zero-order valence-corrected chi connectivity index (χ0v) is 22.0. The van der Waals surface area contributed by atoms with Gasteiger partial charge in [0, 0.05) is 15.5 Å². The zero-order chi connectivity index (χ0) is 26.0. The second kappa shape index (κ2) is 10.1. The van der Waals surface area contributed by atoms with Gasteiger partial charge in [0.25, 0.3) is 5.91 Å². The normalized spacial score (nSPS) is 11.4. The summed E-state index contributed by atoms with van der Waals surface area (Å²) in [6.07, 6.45) is 0. The molecule has 0 saturated heterocycles. The van der Waals surface area contributed by atoms with Gasteiger partial charge in [0.15, 0.2) is 5.69 Å². The minimum atomic E-state index is -0.832. The Kier molecular flexibility index (Phi) is 6.36. The van der Waals surface area contributed by atoms with Gasteiger partial charge in [-0.1, -0.05) is 125 Å². The van der Waals surface area contributed by atoms with Crippen LogP contribution < -0.4 is 5.32 Å². The van der Waals surface area contributed by atoms with E-state index < -0.39 is 5.54 Å². The zero-order valence-electron chi connectivity index (χ0n) is 20.5. The molecule has 0 aliphatic heterocycles. The van der Waals surface area contributed by atoms with Crippen LogP contribution in [0.4, 0.5) is 5.69 Å². The summed E-state index contributed by atoms with van der Waals surface area (Å²) in [7, 11) is 0. The van der Waals surface area contributed by atoms with Crippen molar-refractivity contribution >= 4 is 38.4 Å². The molecule has 1 N–H and O–H groups in total. The lowest BCUT2D eigenvalue weighted by Crippen LogP contribution is -2.38. The summed E-state index contributed by atoms with van der Waals surface area (Å²) >= 11 is 3.61. The highest BCUT2D eigenvalue weighted by atomic mass is 79.9. The van der Waals surface area contributed by atoms with E-state index in [0.29, 0.717) is 5.69 Å². The number of nitrogens with zero attached hydrogens (tertiary/aromatic N) is 2. The van der Waals surface area contributed by atoms with Crippen molar-refractivity contribution < 1.29 is 4.79 Å². The van der Waals surface area contributed by atoms with Crippen molar-refractivity contribution in [3.63, 3.8) is 0 Å². The highest BCUT2D eigenvalue weighted by Gasteiger charge is 2.41. The number of amides is 1.